The maximum absolute atomic E-state index is 12.3. The van der Waals surface area contributed by atoms with Crippen LogP contribution in [0, 0.1) is 0 Å². The zero-order chi connectivity index (χ0) is 17.7. The van der Waals surface area contributed by atoms with Crippen molar-refractivity contribution in [1.29, 1.82) is 0 Å². The highest BCUT2D eigenvalue weighted by atomic mass is 32.1. The predicted molar refractivity (Wildman–Crippen MR) is 97.9 cm³/mol. The molecule has 0 aliphatic carbocycles. The lowest BCUT2D eigenvalue weighted by atomic mass is 10.0. The molecule has 0 saturated carbocycles. The second-order valence-corrected chi connectivity index (χ2v) is 7.24. The van der Waals surface area contributed by atoms with E-state index in [9.17, 15) is 9.90 Å². The molecule has 0 aliphatic heterocycles. The smallest absolute Gasteiger partial charge is 0.261 e. The van der Waals surface area contributed by atoms with Crippen molar-refractivity contribution < 1.29 is 14.6 Å². The summed E-state index contributed by atoms with van der Waals surface area (Å²) in [6.45, 7) is 8.20. The van der Waals surface area contributed by atoms with E-state index < -0.39 is 6.10 Å². The number of benzene rings is 1. The van der Waals surface area contributed by atoms with E-state index >= 15 is 0 Å². The van der Waals surface area contributed by atoms with Gasteiger partial charge >= 0.3 is 0 Å². The quantitative estimate of drug-likeness (QED) is 0.792. The van der Waals surface area contributed by atoms with Crippen LogP contribution in [0.5, 0.6) is 5.75 Å². The molecule has 0 saturated heterocycles. The van der Waals surface area contributed by atoms with Gasteiger partial charge in [-0.15, -0.1) is 11.3 Å². The molecule has 0 bridgehead atoms. The van der Waals surface area contributed by atoms with Crippen LogP contribution in [-0.4, -0.2) is 23.7 Å². The minimum atomic E-state index is -0.771. The molecule has 130 valence electrons. The molecule has 5 heteroatoms. The number of aliphatic hydroxyl groups excluding tert-OH is 1. The van der Waals surface area contributed by atoms with Gasteiger partial charge in [0, 0.05) is 6.54 Å². The molecule has 0 spiro atoms. The summed E-state index contributed by atoms with van der Waals surface area (Å²) in [5.74, 6) is 0.877. The molecule has 1 amide bonds. The SMILES string of the molecule is CC(C)Oc1cccc(C(O)CNC(=O)c2sccc2C(C)C)c1. The van der Waals surface area contributed by atoms with Gasteiger partial charge in [0.05, 0.1) is 17.1 Å². The van der Waals surface area contributed by atoms with E-state index in [0.29, 0.717) is 16.5 Å². The monoisotopic (exact) mass is 347 g/mol. The molecule has 0 fully saturated rings. The molecule has 1 aromatic carbocycles. The van der Waals surface area contributed by atoms with Gasteiger partial charge in [0.15, 0.2) is 0 Å². The van der Waals surface area contributed by atoms with Crippen LogP contribution in [0.25, 0.3) is 0 Å². The maximum Gasteiger partial charge on any atom is 0.261 e. The molecule has 0 aliphatic rings. The molecule has 2 rings (SSSR count). The summed E-state index contributed by atoms with van der Waals surface area (Å²) in [6.07, 6.45) is -0.697. The molecule has 1 atom stereocenters. The van der Waals surface area contributed by atoms with Gasteiger partial charge in [-0.2, -0.15) is 0 Å². The Balaban J connectivity index is 1.98. The number of aliphatic hydroxyl groups is 1. The van der Waals surface area contributed by atoms with Crippen LogP contribution < -0.4 is 10.1 Å². The third-order valence-corrected chi connectivity index (χ3v) is 4.52. The van der Waals surface area contributed by atoms with Gasteiger partial charge in [-0.1, -0.05) is 26.0 Å². The summed E-state index contributed by atoms with van der Waals surface area (Å²) >= 11 is 1.43. The highest BCUT2D eigenvalue weighted by molar-refractivity contribution is 7.12. The first-order valence-corrected chi connectivity index (χ1v) is 9.06. The molecule has 1 aromatic heterocycles. The molecule has 24 heavy (non-hydrogen) atoms. The van der Waals surface area contributed by atoms with Crippen molar-refractivity contribution in [2.75, 3.05) is 6.54 Å². The van der Waals surface area contributed by atoms with Crippen molar-refractivity contribution in [1.82, 2.24) is 5.32 Å². The minimum absolute atomic E-state index is 0.0744. The van der Waals surface area contributed by atoms with Crippen molar-refractivity contribution in [2.45, 2.75) is 45.8 Å². The lowest BCUT2D eigenvalue weighted by Gasteiger charge is -2.15. The predicted octanol–water partition coefficient (Wildman–Crippen LogP) is 4.12. The first-order valence-electron chi connectivity index (χ1n) is 8.18. The van der Waals surface area contributed by atoms with Crippen molar-refractivity contribution in [2.24, 2.45) is 0 Å². The summed E-state index contributed by atoms with van der Waals surface area (Å²) in [7, 11) is 0. The Labute approximate surface area is 147 Å². The largest absolute Gasteiger partial charge is 0.491 e. The van der Waals surface area contributed by atoms with Gasteiger partial charge in [-0.25, -0.2) is 0 Å². The van der Waals surface area contributed by atoms with Gasteiger partial charge < -0.3 is 15.2 Å². The normalized spacial score (nSPS) is 12.5. The van der Waals surface area contributed by atoms with Gasteiger partial charge in [-0.05, 0) is 54.5 Å². The summed E-state index contributed by atoms with van der Waals surface area (Å²) in [6, 6.07) is 9.31. The molecule has 0 radical (unpaired) electrons. The van der Waals surface area contributed by atoms with E-state index in [1.807, 2.05) is 49.6 Å². The summed E-state index contributed by atoms with van der Waals surface area (Å²) in [5, 5.41) is 15.1. The second-order valence-electron chi connectivity index (χ2n) is 6.32. The highest BCUT2D eigenvalue weighted by Gasteiger charge is 2.17. The third-order valence-electron chi connectivity index (χ3n) is 3.59. The van der Waals surface area contributed by atoms with E-state index in [2.05, 4.69) is 19.2 Å². The fourth-order valence-corrected chi connectivity index (χ4v) is 3.38. The van der Waals surface area contributed by atoms with Gasteiger partial charge in [-0.3, -0.25) is 4.79 Å². The number of carbonyl (C=O) groups is 1. The van der Waals surface area contributed by atoms with Gasteiger partial charge in [0.25, 0.3) is 5.91 Å². The van der Waals surface area contributed by atoms with Crippen LogP contribution in [0.15, 0.2) is 35.7 Å². The topological polar surface area (TPSA) is 58.6 Å². The molecule has 4 nitrogen and oxygen atoms in total. The average molecular weight is 347 g/mol. The maximum atomic E-state index is 12.3. The third kappa shape index (κ3) is 4.82. The van der Waals surface area contributed by atoms with Gasteiger partial charge in [0.2, 0.25) is 0 Å². The zero-order valence-electron chi connectivity index (χ0n) is 14.6. The summed E-state index contributed by atoms with van der Waals surface area (Å²) < 4.78 is 5.63. The molecular weight excluding hydrogens is 322 g/mol. The van der Waals surface area contributed by atoms with Crippen LogP contribution in [-0.2, 0) is 0 Å². The Morgan fingerprint density at radius 2 is 2.00 bits per heavy atom. The number of nitrogens with one attached hydrogen (secondary N) is 1. The first kappa shape index (κ1) is 18.5. The van der Waals surface area contributed by atoms with E-state index in [1.165, 1.54) is 11.3 Å². The Morgan fingerprint density at radius 1 is 1.25 bits per heavy atom. The molecule has 2 aromatic rings. The zero-order valence-corrected chi connectivity index (χ0v) is 15.4. The number of rotatable bonds is 7. The molecule has 2 N–H and O–H groups in total. The van der Waals surface area contributed by atoms with Crippen LogP contribution in [0.2, 0.25) is 0 Å². The summed E-state index contributed by atoms with van der Waals surface area (Å²) in [5.41, 5.74) is 1.77. The number of amides is 1. The van der Waals surface area contributed by atoms with E-state index in [0.717, 1.165) is 11.1 Å². The second kappa shape index (κ2) is 8.31. The Hall–Kier alpha value is -1.85. The number of carbonyl (C=O) groups excluding carboxylic acids is 1. The highest BCUT2D eigenvalue weighted by Crippen LogP contribution is 2.25. The van der Waals surface area contributed by atoms with Crippen molar-refractivity contribution >= 4 is 17.2 Å². The minimum Gasteiger partial charge on any atom is -0.491 e. The number of ether oxygens (including phenoxy) is 1. The fraction of sp³-hybridized carbons (Fsp3) is 0.421. The lowest BCUT2D eigenvalue weighted by Crippen LogP contribution is -2.28. The Morgan fingerprint density at radius 3 is 2.67 bits per heavy atom. The van der Waals surface area contributed by atoms with Crippen LogP contribution in [0.3, 0.4) is 0 Å². The molecular formula is C19H25NO3S. The van der Waals surface area contributed by atoms with Crippen molar-refractivity contribution in [3.05, 3.63) is 51.7 Å². The summed E-state index contributed by atoms with van der Waals surface area (Å²) in [4.78, 5) is 13.1. The van der Waals surface area contributed by atoms with E-state index in [-0.39, 0.29) is 18.6 Å². The van der Waals surface area contributed by atoms with E-state index in [1.54, 1.807) is 0 Å². The van der Waals surface area contributed by atoms with E-state index in [4.69, 9.17) is 4.74 Å². The van der Waals surface area contributed by atoms with Crippen LogP contribution in [0.4, 0.5) is 0 Å². The van der Waals surface area contributed by atoms with Crippen LogP contribution >= 0.6 is 11.3 Å². The Kier molecular flexibility index (Phi) is 6.40. The molecule has 1 unspecified atom stereocenters. The molecule has 1 heterocycles. The fourth-order valence-electron chi connectivity index (χ4n) is 2.41. The van der Waals surface area contributed by atoms with Gasteiger partial charge in [0.1, 0.15) is 5.75 Å². The first-order chi connectivity index (χ1) is 11.4. The number of thiophene rings is 1. The lowest BCUT2D eigenvalue weighted by molar-refractivity contribution is 0.0919. The number of hydrogen-bond acceptors (Lipinski definition) is 4. The van der Waals surface area contributed by atoms with Crippen LogP contribution in [0.1, 0.15) is 60.5 Å². The van der Waals surface area contributed by atoms with Crippen molar-refractivity contribution in [3.8, 4) is 5.75 Å². The number of hydrogen-bond donors (Lipinski definition) is 2. The standard InChI is InChI=1S/C19H25NO3S/c1-12(2)16-8-9-24-18(16)19(22)20-11-17(21)14-6-5-7-15(10-14)23-13(3)4/h5-10,12-13,17,21H,11H2,1-4H3,(H,20,22). The Bertz CT molecular complexity index is 679. The van der Waals surface area contributed by atoms with Crippen molar-refractivity contribution in [3.63, 3.8) is 0 Å². The average Bonchev–Trinajstić information content (AvgIpc) is 3.01.